The van der Waals surface area contributed by atoms with E-state index in [2.05, 4.69) is 21.2 Å². The molecule has 0 spiro atoms. The van der Waals surface area contributed by atoms with Crippen LogP contribution in [0.3, 0.4) is 0 Å². The fourth-order valence-electron chi connectivity index (χ4n) is 2.09. The lowest BCUT2D eigenvalue weighted by Gasteiger charge is -2.03. The second-order valence-electron chi connectivity index (χ2n) is 4.22. The Morgan fingerprint density at radius 2 is 2.10 bits per heavy atom. The Hall–Kier alpha value is -1.72. The first kappa shape index (κ1) is 13.3. The molecule has 0 bridgehead atoms. The van der Waals surface area contributed by atoms with E-state index in [9.17, 15) is 5.11 Å². The fourth-order valence-corrected chi connectivity index (χ4v) is 3.19. The Morgan fingerprint density at radius 3 is 2.75 bits per heavy atom. The molecule has 20 heavy (non-hydrogen) atoms. The highest BCUT2D eigenvalue weighted by atomic mass is 79.9. The van der Waals surface area contributed by atoms with Crippen LogP contribution in [0.4, 0.5) is 5.88 Å². The van der Waals surface area contributed by atoms with Crippen LogP contribution in [0.1, 0.15) is 0 Å². The van der Waals surface area contributed by atoms with E-state index in [1.54, 1.807) is 7.05 Å². The first-order valence-corrected chi connectivity index (χ1v) is 7.71. The highest BCUT2D eigenvalue weighted by Gasteiger charge is 2.22. The van der Waals surface area contributed by atoms with Gasteiger partial charge >= 0.3 is 0 Å². The van der Waals surface area contributed by atoms with Crippen molar-refractivity contribution in [2.24, 2.45) is 0 Å². The van der Waals surface area contributed by atoms with Crippen LogP contribution in [-0.2, 0) is 0 Å². The molecule has 5 heteroatoms. The van der Waals surface area contributed by atoms with Gasteiger partial charge in [0, 0.05) is 11.5 Å². The summed E-state index contributed by atoms with van der Waals surface area (Å²) in [4.78, 5) is 0.903. The van der Waals surface area contributed by atoms with E-state index in [1.165, 1.54) is 11.3 Å². The number of hydrogen-bond donors (Lipinski definition) is 2. The van der Waals surface area contributed by atoms with Crippen molar-refractivity contribution in [2.75, 3.05) is 12.4 Å². The summed E-state index contributed by atoms with van der Waals surface area (Å²) in [6.07, 6.45) is 0. The molecule has 2 N–H and O–H groups in total. The topological polar surface area (TPSA) is 45.4 Å². The molecule has 0 aliphatic carbocycles. The molecule has 3 aromatic rings. The van der Waals surface area contributed by atoms with Gasteiger partial charge in [0.2, 0.25) is 5.88 Å². The van der Waals surface area contributed by atoms with Crippen molar-refractivity contribution in [3.8, 4) is 27.5 Å². The van der Waals surface area contributed by atoms with Gasteiger partial charge in [0.25, 0.3) is 0 Å². The van der Waals surface area contributed by atoms with Crippen LogP contribution >= 0.6 is 27.3 Å². The predicted octanol–water partition coefficient (Wildman–Crippen LogP) is 5.18. The van der Waals surface area contributed by atoms with E-state index in [0.717, 1.165) is 14.9 Å². The summed E-state index contributed by atoms with van der Waals surface area (Å²) in [6, 6.07) is 11.6. The second-order valence-corrected chi connectivity index (χ2v) is 6.08. The van der Waals surface area contributed by atoms with E-state index in [1.807, 2.05) is 41.8 Å². The van der Waals surface area contributed by atoms with Gasteiger partial charge in [-0.2, -0.15) is 0 Å². The number of thiophene rings is 1. The van der Waals surface area contributed by atoms with Crippen LogP contribution in [0, 0.1) is 0 Å². The summed E-state index contributed by atoms with van der Waals surface area (Å²) >= 11 is 4.98. The zero-order valence-electron chi connectivity index (χ0n) is 10.7. The number of furan rings is 1. The Morgan fingerprint density at radius 1 is 1.25 bits per heavy atom. The Labute approximate surface area is 129 Å². The molecule has 0 saturated heterocycles. The number of halogens is 1. The number of nitrogens with one attached hydrogen (secondary N) is 1. The largest absolute Gasteiger partial charge is 0.504 e. The lowest BCUT2D eigenvalue weighted by molar-refractivity contribution is 0.467. The minimum atomic E-state index is 0.162. The number of anilines is 1. The standard InChI is InChI=1S/C15H12BrNO2S/c1-17-15-12(9-4-2-5-10(16)8-9)13(18)14(19-15)11-6-3-7-20-11/h2-8,17-18H,1H3. The fraction of sp³-hybridized carbons (Fsp3) is 0.0667. The number of rotatable bonds is 3. The number of hydrogen-bond acceptors (Lipinski definition) is 4. The highest BCUT2D eigenvalue weighted by Crippen LogP contribution is 2.47. The molecule has 102 valence electrons. The van der Waals surface area contributed by atoms with Crippen molar-refractivity contribution < 1.29 is 9.52 Å². The van der Waals surface area contributed by atoms with E-state index in [0.29, 0.717) is 17.2 Å². The Kier molecular flexibility index (Phi) is 3.54. The van der Waals surface area contributed by atoms with Gasteiger partial charge in [-0.1, -0.05) is 34.1 Å². The maximum atomic E-state index is 10.5. The third-order valence-electron chi connectivity index (χ3n) is 2.97. The van der Waals surface area contributed by atoms with Crippen LogP contribution in [0.5, 0.6) is 5.75 Å². The minimum Gasteiger partial charge on any atom is -0.504 e. The van der Waals surface area contributed by atoms with Gasteiger partial charge < -0.3 is 14.8 Å². The van der Waals surface area contributed by atoms with Gasteiger partial charge in [0.05, 0.1) is 10.4 Å². The van der Waals surface area contributed by atoms with Gasteiger partial charge in [0.15, 0.2) is 11.5 Å². The quantitative estimate of drug-likeness (QED) is 0.684. The van der Waals surface area contributed by atoms with E-state index in [-0.39, 0.29) is 5.75 Å². The summed E-state index contributed by atoms with van der Waals surface area (Å²) in [5.74, 6) is 1.22. The molecule has 2 heterocycles. The lowest BCUT2D eigenvalue weighted by Crippen LogP contribution is -1.87. The van der Waals surface area contributed by atoms with Crippen LogP contribution in [-0.4, -0.2) is 12.2 Å². The molecule has 0 fully saturated rings. The molecule has 0 amide bonds. The zero-order valence-corrected chi connectivity index (χ0v) is 13.1. The maximum absolute atomic E-state index is 10.5. The molecule has 3 nitrogen and oxygen atoms in total. The van der Waals surface area contributed by atoms with Crippen LogP contribution in [0.2, 0.25) is 0 Å². The number of aromatic hydroxyl groups is 1. The van der Waals surface area contributed by atoms with Gasteiger partial charge in [-0.15, -0.1) is 11.3 Å². The van der Waals surface area contributed by atoms with E-state index in [4.69, 9.17) is 4.42 Å². The van der Waals surface area contributed by atoms with Gasteiger partial charge in [-0.05, 0) is 29.1 Å². The van der Waals surface area contributed by atoms with Crippen LogP contribution in [0.25, 0.3) is 21.8 Å². The van der Waals surface area contributed by atoms with Crippen molar-refractivity contribution in [3.63, 3.8) is 0 Å². The van der Waals surface area contributed by atoms with Crippen molar-refractivity contribution in [2.45, 2.75) is 0 Å². The molecular weight excluding hydrogens is 338 g/mol. The number of benzene rings is 1. The van der Waals surface area contributed by atoms with E-state index < -0.39 is 0 Å². The van der Waals surface area contributed by atoms with Gasteiger partial charge in [0.1, 0.15) is 0 Å². The molecular formula is C15H12BrNO2S. The molecule has 0 aliphatic heterocycles. The smallest absolute Gasteiger partial charge is 0.205 e. The molecule has 0 radical (unpaired) electrons. The summed E-state index contributed by atoms with van der Waals surface area (Å²) in [5, 5.41) is 15.5. The normalized spacial score (nSPS) is 10.7. The predicted molar refractivity (Wildman–Crippen MR) is 86.4 cm³/mol. The summed E-state index contributed by atoms with van der Waals surface area (Å²) in [5.41, 5.74) is 1.57. The maximum Gasteiger partial charge on any atom is 0.205 e. The first-order chi connectivity index (χ1) is 9.70. The molecule has 0 saturated carbocycles. The third kappa shape index (κ3) is 2.23. The third-order valence-corrected chi connectivity index (χ3v) is 4.33. The molecule has 0 atom stereocenters. The zero-order chi connectivity index (χ0) is 14.1. The van der Waals surface area contributed by atoms with Gasteiger partial charge in [-0.25, -0.2) is 0 Å². The molecule has 0 aliphatic rings. The summed E-state index contributed by atoms with van der Waals surface area (Å²) in [7, 11) is 1.78. The second kappa shape index (κ2) is 5.34. The SMILES string of the molecule is CNc1oc(-c2cccs2)c(O)c1-c1cccc(Br)c1. The molecule has 0 unspecified atom stereocenters. The first-order valence-electron chi connectivity index (χ1n) is 6.04. The van der Waals surface area contributed by atoms with Crippen LogP contribution < -0.4 is 5.32 Å². The Balaban J connectivity index is 2.20. The highest BCUT2D eigenvalue weighted by molar-refractivity contribution is 9.10. The summed E-state index contributed by atoms with van der Waals surface area (Å²) in [6.45, 7) is 0. The van der Waals surface area contributed by atoms with Gasteiger partial charge in [-0.3, -0.25) is 0 Å². The average molecular weight is 350 g/mol. The Bertz CT molecular complexity index is 734. The minimum absolute atomic E-state index is 0.162. The molecule has 2 aromatic heterocycles. The van der Waals surface area contributed by atoms with Crippen LogP contribution in [0.15, 0.2) is 50.7 Å². The molecule has 3 rings (SSSR count). The average Bonchev–Trinajstić information content (AvgIpc) is 3.05. The van der Waals surface area contributed by atoms with Crippen molar-refractivity contribution in [1.82, 2.24) is 0 Å². The van der Waals surface area contributed by atoms with Crippen molar-refractivity contribution in [1.29, 1.82) is 0 Å². The monoisotopic (exact) mass is 349 g/mol. The van der Waals surface area contributed by atoms with Crippen molar-refractivity contribution >= 4 is 33.2 Å². The van der Waals surface area contributed by atoms with E-state index >= 15 is 0 Å². The van der Waals surface area contributed by atoms with Crippen molar-refractivity contribution in [3.05, 3.63) is 46.3 Å². The lowest BCUT2D eigenvalue weighted by atomic mass is 10.1. The summed E-state index contributed by atoms with van der Waals surface area (Å²) < 4.78 is 6.72. The molecule has 1 aromatic carbocycles.